The van der Waals surface area contributed by atoms with E-state index in [1.54, 1.807) is 12.1 Å². The van der Waals surface area contributed by atoms with Crippen molar-refractivity contribution in [1.82, 2.24) is 4.98 Å². The maximum absolute atomic E-state index is 12.9. The number of pyridine rings is 1. The molecule has 2 heterocycles. The van der Waals surface area contributed by atoms with Crippen LogP contribution in [0.5, 0.6) is 0 Å². The molecule has 1 aliphatic heterocycles. The van der Waals surface area contributed by atoms with E-state index >= 15 is 0 Å². The first-order chi connectivity index (χ1) is 9.45. The number of nitrogens with one attached hydrogen (secondary N) is 2. The van der Waals surface area contributed by atoms with Crippen molar-refractivity contribution < 1.29 is 4.39 Å². The number of H-pyrrole nitrogens is 1. The number of hydrogen-bond donors (Lipinski definition) is 2. The molecule has 5 heteroatoms. The maximum atomic E-state index is 12.9. The topological polar surface area (TPSA) is 44.9 Å². The van der Waals surface area contributed by atoms with Crippen LogP contribution in [-0.2, 0) is 11.8 Å². The van der Waals surface area contributed by atoms with Gasteiger partial charge in [-0.15, -0.1) is 12.4 Å². The van der Waals surface area contributed by atoms with Crippen molar-refractivity contribution in [2.45, 2.75) is 25.7 Å². The molecule has 1 aliphatic rings. The standard InChI is InChI=1S/C16H17FN2O.ClH/c1-16(2)9-18-13-8-11(15(20)19-14(13)16)7-10-3-5-12(17)6-4-10;/h3-6,8,18H,7,9H2,1-2H3,(H,19,20);1H. The van der Waals surface area contributed by atoms with E-state index in [4.69, 9.17) is 0 Å². The van der Waals surface area contributed by atoms with Gasteiger partial charge in [0.05, 0.1) is 5.69 Å². The van der Waals surface area contributed by atoms with Gasteiger partial charge in [-0.05, 0) is 23.8 Å². The number of rotatable bonds is 2. The summed E-state index contributed by atoms with van der Waals surface area (Å²) >= 11 is 0. The average Bonchev–Trinajstić information content (AvgIpc) is 2.69. The Morgan fingerprint density at radius 3 is 2.57 bits per heavy atom. The molecule has 0 aliphatic carbocycles. The van der Waals surface area contributed by atoms with Crippen molar-refractivity contribution in [2.24, 2.45) is 0 Å². The molecule has 0 atom stereocenters. The molecule has 3 rings (SSSR count). The Balaban J connectivity index is 0.00000161. The van der Waals surface area contributed by atoms with Crippen molar-refractivity contribution in [1.29, 1.82) is 0 Å². The molecule has 112 valence electrons. The highest BCUT2D eigenvalue weighted by Gasteiger charge is 2.31. The van der Waals surface area contributed by atoms with Crippen molar-refractivity contribution in [3.05, 3.63) is 63.3 Å². The SMILES string of the molecule is CC1(C)CNc2cc(Cc3ccc(F)cc3)c(=O)[nH]c21.Cl. The summed E-state index contributed by atoms with van der Waals surface area (Å²) in [6.45, 7) is 5.01. The van der Waals surface area contributed by atoms with E-state index in [9.17, 15) is 9.18 Å². The zero-order chi connectivity index (χ0) is 14.3. The molecule has 1 aromatic heterocycles. The molecule has 2 aromatic rings. The molecule has 1 aromatic carbocycles. The van der Waals surface area contributed by atoms with Crippen LogP contribution in [0.4, 0.5) is 10.1 Å². The zero-order valence-electron chi connectivity index (χ0n) is 12.0. The summed E-state index contributed by atoms with van der Waals surface area (Å²) in [7, 11) is 0. The molecule has 0 saturated carbocycles. The minimum Gasteiger partial charge on any atom is -0.383 e. The van der Waals surface area contributed by atoms with Crippen molar-refractivity contribution in [2.75, 3.05) is 11.9 Å². The third-order valence-electron chi connectivity index (χ3n) is 3.82. The van der Waals surface area contributed by atoms with Gasteiger partial charge in [0.15, 0.2) is 0 Å². The smallest absolute Gasteiger partial charge is 0.251 e. The fraction of sp³-hybridized carbons (Fsp3) is 0.312. The third-order valence-corrected chi connectivity index (χ3v) is 3.82. The molecule has 0 amide bonds. The highest BCUT2D eigenvalue weighted by atomic mass is 35.5. The van der Waals surface area contributed by atoms with Gasteiger partial charge in [-0.3, -0.25) is 4.79 Å². The average molecular weight is 309 g/mol. The normalized spacial score (nSPS) is 15.0. The monoisotopic (exact) mass is 308 g/mol. The van der Waals surface area contributed by atoms with Gasteiger partial charge in [0.25, 0.3) is 5.56 Å². The van der Waals surface area contributed by atoms with Crippen molar-refractivity contribution in [3.8, 4) is 0 Å². The number of halogens is 2. The number of anilines is 1. The highest BCUT2D eigenvalue weighted by Crippen LogP contribution is 2.33. The van der Waals surface area contributed by atoms with E-state index in [1.807, 2.05) is 6.07 Å². The Labute approximate surface area is 129 Å². The molecule has 2 N–H and O–H groups in total. The fourth-order valence-corrected chi connectivity index (χ4v) is 2.60. The van der Waals surface area contributed by atoms with Gasteiger partial charge in [-0.1, -0.05) is 26.0 Å². The minimum absolute atomic E-state index is 0. The van der Waals surface area contributed by atoms with Crippen LogP contribution >= 0.6 is 12.4 Å². The van der Waals surface area contributed by atoms with Gasteiger partial charge in [-0.25, -0.2) is 4.39 Å². The number of aromatic amines is 1. The largest absolute Gasteiger partial charge is 0.383 e. The van der Waals surface area contributed by atoms with Crippen molar-refractivity contribution in [3.63, 3.8) is 0 Å². The quantitative estimate of drug-likeness (QED) is 0.894. The van der Waals surface area contributed by atoms with Crippen LogP contribution in [0, 0.1) is 5.82 Å². The van der Waals surface area contributed by atoms with Crippen LogP contribution in [-0.4, -0.2) is 11.5 Å². The van der Waals surface area contributed by atoms with Crippen LogP contribution < -0.4 is 10.9 Å². The van der Waals surface area contributed by atoms with E-state index < -0.39 is 0 Å². The molecule has 0 fully saturated rings. The van der Waals surface area contributed by atoms with Gasteiger partial charge in [0, 0.05) is 29.6 Å². The predicted molar refractivity (Wildman–Crippen MR) is 85.0 cm³/mol. The second kappa shape index (κ2) is 5.53. The summed E-state index contributed by atoms with van der Waals surface area (Å²) < 4.78 is 12.9. The Hall–Kier alpha value is -1.81. The first-order valence-corrected chi connectivity index (χ1v) is 6.71. The van der Waals surface area contributed by atoms with Gasteiger partial charge in [0.1, 0.15) is 5.82 Å². The zero-order valence-corrected chi connectivity index (χ0v) is 12.8. The maximum Gasteiger partial charge on any atom is 0.251 e. The molecule has 21 heavy (non-hydrogen) atoms. The van der Waals surface area contributed by atoms with E-state index in [2.05, 4.69) is 24.1 Å². The van der Waals surface area contributed by atoms with E-state index in [1.165, 1.54) is 12.1 Å². The number of hydrogen-bond acceptors (Lipinski definition) is 2. The predicted octanol–water partition coefficient (Wildman–Crippen LogP) is 3.23. The van der Waals surface area contributed by atoms with Gasteiger partial charge in [-0.2, -0.15) is 0 Å². The summed E-state index contributed by atoms with van der Waals surface area (Å²) in [5, 5.41) is 3.32. The van der Waals surface area contributed by atoms with Crippen LogP contribution in [0.3, 0.4) is 0 Å². The van der Waals surface area contributed by atoms with E-state index in [0.717, 1.165) is 23.5 Å². The Morgan fingerprint density at radius 2 is 1.90 bits per heavy atom. The molecular weight excluding hydrogens is 291 g/mol. The lowest BCUT2D eigenvalue weighted by Crippen LogP contribution is -2.23. The summed E-state index contributed by atoms with van der Waals surface area (Å²) in [5.74, 6) is -0.264. The Morgan fingerprint density at radius 1 is 1.24 bits per heavy atom. The summed E-state index contributed by atoms with van der Waals surface area (Å²) in [6, 6.07) is 8.15. The van der Waals surface area contributed by atoms with Gasteiger partial charge in [0.2, 0.25) is 0 Å². The first kappa shape index (κ1) is 15.6. The van der Waals surface area contributed by atoms with E-state index in [-0.39, 0.29) is 29.2 Å². The second-order valence-electron chi connectivity index (χ2n) is 5.95. The van der Waals surface area contributed by atoms with Gasteiger partial charge >= 0.3 is 0 Å². The summed E-state index contributed by atoms with van der Waals surface area (Å²) in [6.07, 6.45) is 0.505. The molecule has 0 unspecified atom stereocenters. The minimum atomic E-state index is -0.264. The Kier molecular flexibility index (Phi) is 4.10. The lowest BCUT2D eigenvalue weighted by atomic mass is 9.91. The molecule has 0 bridgehead atoms. The molecule has 0 spiro atoms. The van der Waals surface area contributed by atoms with Crippen LogP contribution in [0.15, 0.2) is 35.1 Å². The number of aromatic nitrogens is 1. The first-order valence-electron chi connectivity index (χ1n) is 6.71. The fourth-order valence-electron chi connectivity index (χ4n) is 2.60. The molecule has 0 saturated heterocycles. The van der Waals surface area contributed by atoms with E-state index in [0.29, 0.717) is 12.0 Å². The third kappa shape index (κ3) is 2.95. The summed E-state index contributed by atoms with van der Waals surface area (Å²) in [4.78, 5) is 15.2. The molecule has 0 radical (unpaired) electrons. The number of fused-ring (bicyclic) bond motifs is 1. The lowest BCUT2D eigenvalue weighted by molar-refractivity contribution is 0.566. The van der Waals surface area contributed by atoms with Gasteiger partial charge < -0.3 is 10.3 Å². The summed E-state index contributed by atoms with van der Waals surface area (Å²) in [5.41, 5.74) is 3.46. The molecule has 3 nitrogen and oxygen atoms in total. The lowest BCUT2D eigenvalue weighted by Gasteiger charge is -2.16. The van der Waals surface area contributed by atoms with Crippen LogP contribution in [0.25, 0.3) is 0 Å². The highest BCUT2D eigenvalue weighted by molar-refractivity contribution is 5.85. The number of benzene rings is 1. The second-order valence-corrected chi connectivity index (χ2v) is 5.95. The van der Waals surface area contributed by atoms with Crippen molar-refractivity contribution >= 4 is 18.1 Å². The van der Waals surface area contributed by atoms with Crippen LogP contribution in [0.1, 0.15) is 30.7 Å². The van der Waals surface area contributed by atoms with Crippen LogP contribution in [0.2, 0.25) is 0 Å². The Bertz CT molecular complexity index is 707. The molecular formula is C16H18ClFN2O.